The summed E-state index contributed by atoms with van der Waals surface area (Å²) in [7, 11) is 0. The average Bonchev–Trinajstić information content (AvgIpc) is 2.51. The summed E-state index contributed by atoms with van der Waals surface area (Å²) < 4.78 is 0.901. The van der Waals surface area contributed by atoms with E-state index < -0.39 is 12.1 Å². The van der Waals surface area contributed by atoms with Gasteiger partial charge in [0.25, 0.3) is 0 Å². The van der Waals surface area contributed by atoms with Crippen molar-refractivity contribution in [1.82, 2.24) is 4.98 Å². The van der Waals surface area contributed by atoms with E-state index in [9.17, 15) is 9.90 Å². The number of fused-ring (bicyclic) bond motifs is 1. The summed E-state index contributed by atoms with van der Waals surface area (Å²) in [6.45, 7) is 1.75. The number of aliphatic hydroxyl groups excluding tert-OH is 1. The maximum Gasteiger partial charge on any atom is 0.337 e. The lowest BCUT2D eigenvalue weighted by Gasteiger charge is -2.05. The van der Waals surface area contributed by atoms with Crippen LogP contribution in [0.15, 0.2) is 22.7 Å². The Morgan fingerprint density at radius 2 is 2.19 bits per heavy atom. The molecule has 0 saturated carbocycles. The number of H-pyrrole nitrogens is 1. The molecule has 0 amide bonds. The van der Waals surface area contributed by atoms with Crippen LogP contribution < -0.4 is 0 Å². The first-order chi connectivity index (χ1) is 7.50. The number of carboxylic acid groups (broad SMARTS) is 1. The normalized spacial score (nSPS) is 12.9. The molecule has 1 unspecified atom stereocenters. The number of aromatic amines is 1. The van der Waals surface area contributed by atoms with Crippen molar-refractivity contribution in [2.75, 3.05) is 0 Å². The van der Waals surface area contributed by atoms with Gasteiger partial charge in [0.15, 0.2) is 6.10 Å². The lowest BCUT2D eigenvalue weighted by Crippen LogP contribution is -2.11. The fourth-order valence-corrected chi connectivity index (χ4v) is 2.16. The smallest absolute Gasteiger partial charge is 0.337 e. The van der Waals surface area contributed by atoms with Gasteiger partial charge in [-0.2, -0.15) is 0 Å². The van der Waals surface area contributed by atoms with Crippen LogP contribution in [0.4, 0.5) is 0 Å². The van der Waals surface area contributed by atoms with Gasteiger partial charge in [-0.15, -0.1) is 0 Å². The highest BCUT2D eigenvalue weighted by Crippen LogP contribution is 2.29. The molecule has 0 aliphatic rings. The quantitative estimate of drug-likeness (QED) is 0.792. The van der Waals surface area contributed by atoms with Gasteiger partial charge in [0.05, 0.1) is 0 Å². The van der Waals surface area contributed by atoms with E-state index in [-0.39, 0.29) is 0 Å². The molecule has 0 aliphatic heterocycles. The van der Waals surface area contributed by atoms with Crippen LogP contribution in [0.2, 0.25) is 0 Å². The van der Waals surface area contributed by atoms with Gasteiger partial charge in [0, 0.05) is 26.6 Å². The highest BCUT2D eigenvalue weighted by molar-refractivity contribution is 9.10. The minimum absolute atomic E-state index is 0.426. The number of aryl methyl sites for hydroxylation is 1. The van der Waals surface area contributed by atoms with Gasteiger partial charge < -0.3 is 15.2 Å². The number of aliphatic carboxylic acids is 1. The highest BCUT2D eigenvalue weighted by atomic mass is 79.9. The van der Waals surface area contributed by atoms with Crippen LogP contribution in [-0.2, 0) is 4.79 Å². The molecule has 0 spiro atoms. The molecule has 2 rings (SSSR count). The molecule has 1 heterocycles. The number of rotatable bonds is 2. The Bertz CT molecular complexity index is 562. The molecule has 0 fully saturated rings. The molecule has 1 aromatic carbocycles. The SMILES string of the molecule is Cc1[nH]c2cc(Br)ccc2c1C(O)C(=O)O. The molecule has 5 heteroatoms. The van der Waals surface area contributed by atoms with Crippen LogP contribution in [-0.4, -0.2) is 21.2 Å². The van der Waals surface area contributed by atoms with Gasteiger partial charge in [-0.05, 0) is 19.1 Å². The summed E-state index contributed by atoms with van der Waals surface area (Å²) >= 11 is 3.33. The van der Waals surface area contributed by atoms with E-state index in [1.807, 2.05) is 12.1 Å². The molecule has 1 aromatic heterocycles. The van der Waals surface area contributed by atoms with E-state index in [2.05, 4.69) is 20.9 Å². The van der Waals surface area contributed by atoms with Crippen molar-refractivity contribution in [2.45, 2.75) is 13.0 Å². The van der Waals surface area contributed by atoms with Gasteiger partial charge in [0.1, 0.15) is 0 Å². The molecule has 2 aromatic rings. The first-order valence-corrected chi connectivity index (χ1v) is 5.48. The van der Waals surface area contributed by atoms with Crippen molar-refractivity contribution in [1.29, 1.82) is 0 Å². The van der Waals surface area contributed by atoms with Gasteiger partial charge in [-0.1, -0.05) is 22.0 Å². The van der Waals surface area contributed by atoms with Crippen molar-refractivity contribution in [3.8, 4) is 0 Å². The maximum atomic E-state index is 10.8. The van der Waals surface area contributed by atoms with Crippen molar-refractivity contribution >= 4 is 32.8 Å². The van der Waals surface area contributed by atoms with Crippen LogP contribution in [0.5, 0.6) is 0 Å². The minimum Gasteiger partial charge on any atom is -0.479 e. The Kier molecular flexibility index (Phi) is 2.73. The lowest BCUT2D eigenvalue weighted by molar-refractivity contribution is -0.146. The van der Waals surface area contributed by atoms with E-state index >= 15 is 0 Å². The second kappa shape index (κ2) is 3.92. The number of carboxylic acids is 1. The first-order valence-electron chi connectivity index (χ1n) is 4.69. The largest absolute Gasteiger partial charge is 0.479 e. The summed E-state index contributed by atoms with van der Waals surface area (Å²) in [5.41, 5.74) is 1.90. The van der Waals surface area contributed by atoms with Gasteiger partial charge >= 0.3 is 5.97 Å². The fourth-order valence-electron chi connectivity index (χ4n) is 1.80. The summed E-state index contributed by atoms with van der Waals surface area (Å²) in [5, 5.41) is 19.2. The third-order valence-corrected chi connectivity index (χ3v) is 3.00. The Morgan fingerprint density at radius 1 is 1.50 bits per heavy atom. The molecule has 0 radical (unpaired) electrons. The average molecular weight is 284 g/mol. The van der Waals surface area contributed by atoms with E-state index in [0.717, 1.165) is 15.4 Å². The molecule has 0 bridgehead atoms. The summed E-state index contributed by atoms with van der Waals surface area (Å²) in [5.74, 6) is -1.24. The monoisotopic (exact) mass is 283 g/mol. The van der Waals surface area contributed by atoms with Crippen LogP contribution >= 0.6 is 15.9 Å². The third kappa shape index (κ3) is 1.72. The standard InChI is InChI=1S/C11H10BrNO3/c1-5-9(10(14)11(15)16)7-3-2-6(12)4-8(7)13-5/h2-4,10,13-14H,1H3,(H,15,16). The molecular weight excluding hydrogens is 274 g/mol. The first kappa shape index (κ1) is 11.2. The predicted octanol–water partition coefficient (Wildman–Crippen LogP) is 2.36. The van der Waals surface area contributed by atoms with Gasteiger partial charge in [-0.25, -0.2) is 4.79 Å². The molecule has 1 atom stereocenters. The third-order valence-electron chi connectivity index (χ3n) is 2.51. The predicted molar refractivity (Wildman–Crippen MR) is 63.3 cm³/mol. The molecule has 16 heavy (non-hydrogen) atoms. The van der Waals surface area contributed by atoms with Crippen molar-refractivity contribution in [2.24, 2.45) is 0 Å². The van der Waals surface area contributed by atoms with Crippen molar-refractivity contribution in [3.05, 3.63) is 33.9 Å². The van der Waals surface area contributed by atoms with E-state index in [1.54, 1.807) is 13.0 Å². The summed E-state index contributed by atoms with van der Waals surface area (Å²) in [6, 6.07) is 5.44. The maximum absolute atomic E-state index is 10.8. The molecular formula is C11H10BrNO3. The molecule has 84 valence electrons. The Balaban J connectivity index is 2.69. The zero-order chi connectivity index (χ0) is 11.9. The van der Waals surface area contributed by atoms with E-state index in [1.165, 1.54) is 0 Å². The van der Waals surface area contributed by atoms with Crippen LogP contribution in [0, 0.1) is 6.92 Å². The van der Waals surface area contributed by atoms with E-state index in [4.69, 9.17) is 5.11 Å². The second-order valence-corrected chi connectivity index (χ2v) is 4.51. The molecule has 0 saturated heterocycles. The number of halogens is 1. The molecule has 0 aliphatic carbocycles. The van der Waals surface area contributed by atoms with Crippen molar-refractivity contribution < 1.29 is 15.0 Å². The molecule has 4 nitrogen and oxygen atoms in total. The number of hydrogen-bond acceptors (Lipinski definition) is 2. The fraction of sp³-hybridized carbons (Fsp3) is 0.182. The van der Waals surface area contributed by atoms with Crippen LogP contribution in [0.25, 0.3) is 10.9 Å². The van der Waals surface area contributed by atoms with Crippen LogP contribution in [0.1, 0.15) is 17.4 Å². The van der Waals surface area contributed by atoms with E-state index in [0.29, 0.717) is 11.3 Å². The van der Waals surface area contributed by atoms with Crippen LogP contribution in [0.3, 0.4) is 0 Å². The topological polar surface area (TPSA) is 73.3 Å². The zero-order valence-electron chi connectivity index (χ0n) is 8.49. The highest BCUT2D eigenvalue weighted by Gasteiger charge is 2.22. The molecule has 3 N–H and O–H groups in total. The number of carbonyl (C=O) groups is 1. The Labute approximate surface area is 100 Å². The number of aliphatic hydroxyl groups is 1. The minimum atomic E-state index is -1.49. The zero-order valence-corrected chi connectivity index (χ0v) is 10.1. The number of benzene rings is 1. The summed E-state index contributed by atoms with van der Waals surface area (Å²) in [6.07, 6.45) is -1.49. The number of nitrogens with one attached hydrogen (secondary N) is 1. The summed E-state index contributed by atoms with van der Waals surface area (Å²) in [4.78, 5) is 13.8. The van der Waals surface area contributed by atoms with Gasteiger partial charge in [0.2, 0.25) is 0 Å². The van der Waals surface area contributed by atoms with Crippen molar-refractivity contribution in [3.63, 3.8) is 0 Å². The Hall–Kier alpha value is -1.33. The number of aromatic nitrogens is 1. The Morgan fingerprint density at radius 3 is 2.81 bits per heavy atom. The lowest BCUT2D eigenvalue weighted by atomic mass is 10.1. The number of hydrogen-bond donors (Lipinski definition) is 3. The van der Waals surface area contributed by atoms with Gasteiger partial charge in [-0.3, -0.25) is 0 Å². The second-order valence-electron chi connectivity index (χ2n) is 3.59.